The van der Waals surface area contributed by atoms with Crippen LogP contribution in [0.15, 0.2) is 35.1 Å². The molecule has 7 heteroatoms. The van der Waals surface area contributed by atoms with E-state index >= 15 is 0 Å². The molecule has 3 rings (SSSR count). The number of hydrogen-bond donors (Lipinski definition) is 0. The van der Waals surface area contributed by atoms with Crippen molar-refractivity contribution in [1.29, 1.82) is 0 Å². The van der Waals surface area contributed by atoms with Gasteiger partial charge < -0.3 is 19.0 Å². The Hall–Kier alpha value is -2.83. The standard InChI is InChI=1S/C18H21N3O4/c1-3-24-16-15(5-4-7-19-16)18(23)21-10-8-20(9-11-21)17(22)14-6-12-25-13(14)2/h4-7,12H,3,8-11H2,1-2H3. The molecule has 25 heavy (non-hydrogen) atoms. The van der Waals surface area contributed by atoms with E-state index in [0.717, 1.165) is 0 Å². The van der Waals surface area contributed by atoms with Crippen LogP contribution in [0.5, 0.6) is 5.88 Å². The minimum atomic E-state index is -0.122. The van der Waals surface area contributed by atoms with Gasteiger partial charge in [-0.2, -0.15) is 0 Å². The normalized spacial score (nSPS) is 14.5. The minimum Gasteiger partial charge on any atom is -0.477 e. The molecule has 0 unspecified atom stereocenters. The van der Waals surface area contributed by atoms with Crippen LogP contribution in [0.2, 0.25) is 0 Å². The van der Waals surface area contributed by atoms with E-state index in [2.05, 4.69) is 4.98 Å². The molecule has 1 fully saturated rings. The summed E-state index contributed by atoms with van der Waals surface area (Å²) in [5.74, 6) is 0.778. The van der Waals surface area contributed by atoms with Crippen molar-refractivity contribution in [2.45, 2.75) is 13.8 Å². The van der Waals surface area contributed by atoms with Crippen LogP contribution < -0.4 is 4.74 Å². The van der Waals surface area contributed by atoms with E-state index in [-0.39, 0.29) is 11.8 Å². The zero-order chi connectivity index (χ0) is 17.8. The Labute approximate surface area is 146 Å². The van der Waals surface area contributed by atoms with Gasteiger partial charge in [0.1, 0.15) is 11.3 Å². The van der Waals surface area contributed by atoms with Gasteiger partial charge in [0.05, 0.1) is 18.4 Å². The number of nitrogens with zero attached hydrogens (tertiary/aromatic N) is 3. The Balaban J connectivity index is 1.65. The Morgan fingerprint density at radius 1 is 1.12 bits per heavy atom. The summed E-state index contributed by atoms with van der Waals surface area (Å²) in [4.78, 5) is 32.8. The fraction of sp³-hybridized carbons (Fsp3) is 0.389. The third-order valence-electron chi connectivity index (χ3n) is 4.23. The van der Waals surface area contributed by atoms with E-state index in [4.69, 9.17) is 9.15 Å². The van der Waals surface area contributed by atoms with Crippen LogP contribution in [0, 0.1) is 6.92 Å². The lowest BCUT2D eigenvalue weighted by Crippen LogP contribution is -2.50. The first-order valence-electron chi connectivity index (χ1n) is 8.32. The molecule has 0 aromatic carbocycles. The summed E-state index contributed by atoms with van der Waals surface area (Å²) in [6.07, 6.45) is 3.12. The minimum absolute atomic E-state index is 0.0604. The average molecular weight is 343 g/mol. The van der Waals surface area contributed by atoms with Crippen molar-refractivity contribution in [3.05, 3.63) is 47.5 Å². The van der Waals surface area contributed by atoms with E-state index in [1.54, 1.807) is 41.1 Å². The van der Waals surface area contributed by atoms with Gasteiger partial charge in [-0.1, -0.05) is 0 Å². The van der Waals surface area contributed by atoms with Gasteiger partial charge in [0.2, 0.25) is 5.88 Å². The highest BCUT2D eigenvalue weighted by atomic mass is 16.5. The zero-order valence-electron chi connectivity index (χ0n) is 14.4. The van der Waals surface area contributed by atoms with Crippen molar-refractivity contribution in [3.8, 4) is 5.88 Å². The smallest absolute Gasteiger partial charge is 0.259 e. The second-order valence-corrected chi connectivity index (χ2v) is 5.76. The summed E-state index contributed by atoms with van der Waals surface area (Å²) in [6.45, 7) is 5.99. The van der Waals surface area contributed by atoms with Crippen molar-refractivity contribution in [3.63, 3.8) is 0 Å². The number of carbonyl (C=O) groups is 2. The fourth-order valence-corrected chi connectivity index (χ4v) is 2.87. The molecule has 1 aliphatic heterocycles. The Morgan fingerprint density at radius 2 is 1.76 bits per heavy atom. The molecule has 0 radical (unpaired) electrons. The molecule has 0 spiro atoms. The molecule has 0 atom stereocenters. The Kier molecular flexibility index (Phi) is 5.02. The van der Waals surface area contributed by atoms with Crippen LogP contribution in [0.3, 0.4) is 0 Å². The SMILES string of the molecule is CCOc1ncccc1C(=O)N1CCN(C(=O)c2ccoc2C)CC1. The number of aryl methyl sites for hydroxylation is 1. The van der Waals surface area contributed by atoms with Gasteiger partial charge >= 0.3 is 0 Å². The number of amides is 2. The summed E-state index contributed by atoms with van der Waals surface area (Å²) < 4.78 is 10.6. The van der Waals surface area contributed by atoms with Gasteiger partial charge in [-0.3, -0.25) is 9.59 Å². The summed E-state index contributed by atoms with van der Waals surface area (Å²) in [5, 5.41) is 0. The lowest BCUT2D eigenvalue weighted by molar-refractivity contribution is 0.0531. The maximum Gasteiger partial charge on any atom is 0.259 e. The number of hydrogen-bond acceptors (Lipinski definition) is 5. The van der Waals surface area contributed by atoms with Crippen LogP contribution in [0.25, 0.3) is 0 Å². The van der Waals surface area contributed by atoms with E-state index < -0.39 is 0 Å². The van der Waals surface area contributed by atoms with E-state index in [1.807, 2.05) is 6.92 Å². The van der Waals surface area contributed by atoms with Gasteiger partial charge in [0, 0.05) is 32.4 Å². The van der Waals surface area contributed by atoms with Gasteiger partial charge in [0.15, 0.2) is 0 Å². The fourth-order valence-electron chi connectivity index (χ4n) is 2.87. The number of carbonyl (C=O) groups excluding carboxylic acids is 2. The third-order valence-corrected chi connectivity index (χ3v) is 4.23. The molecule has 0 aliphatic carbocycles. The molecule has 3 heterocycles. The monoisotopic (exact) mass is 343 g/mol. The van der Waals surface area contributed by atoms with Crippen molar-refractivity contribution in [2.75, 3.05) is 32.8 Å². The molecule has 0 bridgehead atoms. The van der Waals surface area contributed by atoms with Crippen LogP contribution in [-0.4, -0.2) is 59.4 Å². The second kappa shape index (κ2) is 7.38. The van der Waals surface area contributed by atoms with Crippen LogP contribution in [-0.2, 0) is 0 Å². The van der Waals surface area contributed by atoms with Crippen LogP contribution in [0.1, 0.15) is 33.4 Å². The molecule has 1 saturated heterocycles. The van der Waals surface area contributed by atoms with E-state index in [1.165, 1.54) is 6.26 Å². The zero-order valence-corrected chi connectivity index (χ0v) is 14.4. The van der Waals surface area contributed by atoms with E-state index in [0.29, 0.717) is 55.6 Å². The maximum absolute atomic E-state index is 12.7. The van der Waals surface area contributed by atoms with Crippen molar-refractivity contribution < 1.29 is 18.7 Å². The summed E-state index contributed by atoms with van der Waals surface area (Å²) in [7, 11) is 0. The average Bonchev–Trinajstić information content (AvgIpc) is 3.07. The molecule has 0 saturated carbocycles. The molecule has 7 nitrogen and oxygen atoms in total. The van der Waals surface area contributed by atoms with Gasteiger partial charge in [0.25, 0.3) is 11.8 Å². The first-order valence-corrected chi connectivity index (χ1v) is 8.32. The van der Waals surface area contributed by atoms with Crippen LogP contribution >= 0.6 is 0 Å². The van der Waals surface area contributed by atoms with Crippen molar-refractivity contribution >= 4 is 11.8 Å². The van der Waals surface area contributed by atoms with Crippen LogP contribution in [0.4, 0.5) is 0 Å². The molecule has 1 aliphatic rings. The predicted molar refractivity (Wildman–Crippen MR) is 90.7 cm³/mol. The quantitative estimate of drug-likeness (QED) is 0.848. The highest BCUT2D eigenvalue weighted by Gasteiger charge is 2.28. The maximum atomic E-state index is 12.7. The number of piperazine rings is 1. The number of furan rings is 1. The number of rotatable bonds is 4. The molecule has 2 aromatic heterocycles. The first-order chi connectivity index (χ1) is 12.1. The lowest BCUT2D eigenvalue weighted by Gasteiger charge is -2.34. The van der Waals surface area contributed by atoms with Gasteiger partial charge in [-0.05, 0) is 32.0 Å². The van der Waals surface area contributed by atoms with Crippen molar-refractivity contribution in [1.82, 2.24) is 14.8 Å². The Bertz CT molecular complexity index is 763. The highest BCUT2D eigenvalue weighted by molar-refractivity contribution is 5.97. The Morgan fingerprint density at radius 3 is 2.32 bits per heavy atom. The predicted octanol–water partition coefficient (Wildman–Crippen LogP) is 1.98. The summed E-state index contributed by atoms with van der Waals surface area (Å²) in [6, 6.07) is 5.11. The molecule has 132 valence electrons. The third kappa shape index (κ3) is 3.50. The molecule has 2 aromatic rings. The number of aromatic nitrogens is 1. The molecular weight excluding hydrogens is 322 g/mol. The first kappa shape index (κ1) is 17.0. The molecular formula is C18H21N3O4. The van der Waals surface area contributed by atoms with Gasteiger partial charge in [-0.25, -0.2) is 4.98 Å². The molecule has 0 N–H and O–H groups in total. The topological polar surface area (TPSA) is 75.9 Å². The van der Waals surface area contributed by atoms with Crippen molar-refractivity contribution in [2.24, 2.45) is 0 Å². The number of pyridine rings is 1. The number of ether oxygens (including phenoxy) is 1. The van der Waals surface area contributed by atoms with Gasteiger partial charge in [-0.15, -0.1) is 0 Å². The summed E-state index contributed by atoms with van der Waals surface area (Å²) in [5.41, 5.74) is 1.03. The molecule has 2 amide bonds. The van der Waals surface area contributed by atoms with E-state index in [9.17, 15) is 9.59 Å². The summed E-state index contributed by atoms with van der Waals surface area (Å²) >= 11 is 0. The largest absolute Gasteiger partial charge is 0.477 e. The lowest BCUT2D eigenvalue weighted by atomic mass is 10.2. The second-order valence-electron chi connectivity index (χ2n) is 5.76. The highest BCUT2D eigenvalue weighted by Crippen LogP contribution is 2.19.